The van der Waals surface area contributed by atoms with Gasteiger partial charge in [0.1, 0.15) is 5.76 Å². The molecule has 2 heteroatoms. The molecular formula is C13H25NO. The van der Waals surface area contributed by atoms with Crippen LogP contribution in [0.3, 0.4) is 0 Å². The molecule has 0 bridgehead atoms. The fraction of sp³-hybridized carbons (Fsp3) is 0.846. The quantitative estimate of drug-likeness (QED) is 0.729. The Morgan fingerprint density at radius 1 is 1.47 bits per heavy atom. The zero-order valence-corrected chi connectivity index (χ0v) is 10.4. The molecule has 0 saturated carbocycles. The third-order valence-corrected chi connectivity index (χ3v) is 3.09. The zero-order valence-electron chi connectivity index (χ0n) is 10.4. The predicted molar refractivity (Wildman–Crippen MR) is 64.8 cm³/mol. The molecule has 0 aromatic heterocycles. The van der Waals surface area contributed by atoms with Crippen LogP contribution in [-0.4, -0.2) is 19.2 Å². The Morgan fingerprint density at radius 2 is 2.27 bits per heavy atom. The second kappa shape index (κ2) is 6.89. The maximum absolute atomic E-state index is 5.74. The Bertz CT molecular complexity index is 201. The highest BCUT2D eigenvalue weighted by molar-refractivity contribution is 5.05. The van der Waals surface area contributed by atoms with Crippen LogP contribution in [0.5, 0.6) is 0 Å². The zero-order chi connectivity index (χ0) is 11.1. The average Bonchev–Trinajstić information content (AvgIpc) is 2.29. The summed E-state index contributed by atoms with van der Waals surface area (Å²) in [7, 11) is 0. The van der Waals surface area contributed by atoms with Crippen molar-refractivity contribution in [3.05, 3.63) is 11.8 Å². The molecule has 0 saturated heterocycles. The normalized spacial score (nSPS) is 20.3. The number of hydrogen-bond acceptors (Lipinski definition) is 2. The van der Waals surface area contributed by atoms with Crippen molar-refractivity contribution in [2.75, 3.05) is 13.2 Å². The average molecular weight is 211 g/mol. The Morgan fingerprint density at radius 3 is 2.80 bits per heavy atom. The number of ether oxygens (including phenoxy) is 1. The third kappa shape index (κ3) is 4.25. The smallest absolute Gasteiger partial charge is 0.109 e. The molecule has 88 valence electrons. The minimum atomic E-state index is 0.435. The molecule has 1 heterocycles. The van der Waals surface area contributed by atoms with Crippen LogP contribution in [0.4, 0.5) is 0 Å². The molecule has 1 aliphatic heterocycles. The first-order valence-corrected chi connectivity index (χ1v) is 6.34. The third-order valence-electron chi connectivity index (χ3n) is 3.09. The van der Waals surface area contributed by atoms with E-state index in [1.165, 1.54) is 31.4 Å². The van der Waals surface area contributed by atoms with Gasteiger partial charge in [0.05, 0.1) is 12.6 Å². The summed E-state index contributed by atoms with van der Waals surface area (Å²) in [5, 5.41) is 3.52. The van der Waals surface area contributed by atoms with Gasteiger partial charge in [-0.25, -0.2) is 0 Å². The van der Waals surface area contributed by atoms with Gasteiger partial charge in [0.15, 0.2) is 0 Å². The standard InChI is InChI=1S/C13H25NO/c1-4-11(3)10-12(14-5-2)13-8-6-7-9-15-13/h8,11-12,14H,4-7,9-10H2,1-3H3. The molecule has 0 aliphatic carbocycles. The Kier molecular flexibility index (Phi) is 5.77. The molecule has 15 heavy (non-hydrogen) atoms. The lowest BCUT2D eigenvalue weighted by Crippen LogP contribution is -2.34. The minimum absolute atomic E-state index is 0.435. The summed E-state index contributed by atoms with van der Waals surface area (Å²) in [6, 6.07) is 0.435. The number of allylic oxidation sites excluding steroid dienone is 1. The molecule has 2 unspecified atom stereocenters. The van der Waals surface area contributed by atoms with Gasteiger partial charge < -0.3 is 10.1 Å². The van der Waals surface area contributed by atoms with Crippen molar-refractivity contribution < 1.29 is 4.74 Å². The molecule has 1 aliphatic rings. The van der Waals surface area contributed by atoms with Crippen LogP contribution in [0.15, 0.2) is 11.8 Å². The molecule has 0 radical (unpaired) electrons. The van der Waals surface area contributed by atoms with Crippen molar-refractivity contribution in [1.29, 1.82) is 0 Å². The van der Waals surface area contributed by atoms with Gasteiger partial charge in [-0.05, 0) is 37.8 Å². The summed E-state index contributed by atoms with van der Waals surface area (Å²) in [5.41, 5.74) is 0. The van der Waals surface area contributed by atoms with Crippen molar-refractivity contribution >= 4 is 0 Å². The van der Waals surface area contributed by atoms with Crippen LogP contribution < -0.4 is 5.32 Å². The van der Waals surface area contributed by atoms with Gasteiger partial charge in [-0.15, -0.1) is 0 Å². The van der Waals surface area contributed by atoms with Gasteiger partial charge in [-0.3, -0.25) is 0 Å². The maximum atomic E-state index is 5.74. The molecule has 0 aromatic carbocycles. The molecule has 0 fully saturated rings. The van der Waals surface area contributed by atoms with E-state index in [1.807, 2.05) is 0 Å². The monoisotopic (exact) mass is 211 g/mol. The lowest BCUT2D eigenvalue weighted by Gasteiger charge is -2.26. The number of hydrogen-bond donors (Lipinski definition) is 1. The van der Waals surface area contributed by atoms with E-state index in [1.54, 1.807) is 0 Å². The number of rotatable bonds is 6. The highest BCUT2D eigenvalue weighted by atomic mass is 16.5. The highest BCUT2D eigenvalue weighted by Crippen LogP contribution is 2.20. The summed E-state index contributed by atoms with van der Waals surface area (Å²) in [5.74, 6) is 1.95. The van der Waals surface area contributed by atoms with Gasteiger partial charge in [-0.1, -0.05) is 27.2 Å². The van der Waals surface area contributed by atoms with Gasteiger partial charge in [-0.2, -0.15) is 0 Å². The lowest BCUT2D eigenvalue weighted by molar-refractivity contribution is 0.160. The fourth-order valence-electron chi connectivity index (χ4n) is 1.93. The summed E-state index contributed by atoms with van der Waals surface area (Å²) in [4.78, 5) is 0. The van der Waals surface area contributed by atoms with E-state index in [9.17, 15) is 0 Å². The minimum Gasteiger partial charge on any atom is -0.497 e. The van der Waals surface area contributed by atoms with Crippen LogP contribution in [0.2, 0.25) is 0 Å². The van der Waals surface area contributed by atoms with Gasteiger partial charge in [0.25, 0.3) is 0 Å². The first kappa shape index (κ1) is 12.6. The fourth-order valence-corrected chi connectivity index (χ4v) is 1.93. The molecule has 1 N–H and O–H groups in total. The topological polar surface area (TPSA) is 21.3 Å². The molecule has 0 amide bonds. The van der Waals surface area contributed by atoms with Gasteiger partial charge in [0.2, 0.25) is 0 Å². The number of likely N-dealkylation sites (N-methyl/N-ethyl adjacent to an activating group) is 1. The van der Waals surface area contributed by atoms with Crippen LogP contribution in [0.25, 0.3) is 0 Å². The van der Waals surface area contributed by atoms with Crippen LogP contribution in [0.1, 0.15) is 46.5 Å². The Labute approximate surface area is 94.1 Å². The van der Waals surface area contributed by atoms with E-state index >= 15 is 0 Å². The SMILES string of the molecule is CCNC(CC(C)CC)C1=CCCCO1. The van der Waals surface area contributed by atoms with E-state index in [4.69, 9.17) is 4.74 Å². The van der Waals surface area contributed by atoms with Gasteiger partial charge in [0, 0.05) is 0 Å². The second-order valence-electron chi connectivity index (χ2n) is 4.46. The summed E-state index contributed by atoms with van der Waals surface area (Å²) < 4.78 is 5.74. The van der Waals surface area contributed by atoms with Gasteiger partial charge >= 0.3 is 0 Å². The van der Waals surface area contributed by atoms with Crippen molar-refractivity contribution in [2.24, 2.45) is 5.92 Å². The lowest BCUT2D eigenvalue weighted by atomic mass is 9.97. The second-order valence-corrected chi connectivity index (χ2v) is 4.46. The molecule has 0 spiro atoms. The molecule has 2 nitrogen and oxygen atoms in total. The van der Waals surface area contributed by atoms with E-state index < -0.39 is 0 Å². The molecule has 2 atom stereocenters. The van der Waals surface area contributed by atoms with E-state index in [0.717, 1.165) is 19.1 Å². The predicted octanol–water partition coefficient (Wildman–Crippen LogP) is 3.10. The molecule has 0 aromatic rings. The first-order chi connectivity index (χ1) is 7.27. The van der Waals surface area contributed by atoms with E-state index in [2.05, 4.69) is 32.2 Å². The Balaban J connectivity index is 2.51. The van der Waals surface area contributed by atoms with Crippen LogP contribution >= 0.6 is 0 Å². The van der Waals surface area contributed by atoms with Crippen LogP contribution in [0, 0.1) is 5.92 Å². The maximum Gasteiger partial charge on any atom is 0.109 e. The van der Waals surface area contributed by atoms with Crippen molar-refractivity contribution in [2.45, 2.75) is 52.5 Å². The molecule has 1 rings (SSSR count). The number of nitrogens with one attached hydrogen (secondary N) is 1. The first-order valence-electron chi connectivity index (χ1n) is 6.34. The largest absolute Gasteiger partial charge is 0.497 e. The summed E-state index contributed by atoms with van der Waals surface area (Å²) >= 11 is 0. The Hall–Kier alpha value is -0.500. The van der Waals surface area contributed by atoms with E-state index in [-0.39, 0.29) is 0 Å². The van der Waals surface area contributed by atoms with Crippen molar-refractivity contribution in [3.8, 4) is 0 Å². The van der Waals surface area contributed by atoms with Crippen molar-refractivity contribution in [1.82, 2.24) is 5.32 Å². The van der Waals surface area contributed by atoms with Crippen molar-refractivity contribution in [3.63, 3.8) is 0 Å². The van der Waals surface area contributed by atoms with E-state index in [0.29, 0.717) is 6.04 Å². The summed E-state index contributed by atoms with van der Waals surface area (Å²) in [6.07, 6.45) is 7.05. The highest BCUT2D eigenvalue weighted by Gasteiger charge is 2.18. The summed E-state index contributed by atoms with van der Waals surface area (Å²) in [6.45, 7) is 8.64. The molecular weight excluding hydrogens is 186 g/mol. The van der Waals surface area contributed by atoms with Crippen LogP contribution in [-0.2, 0) is 4.74 Å².